The fraction of sp³-hybridized carbons (Fsp3) is 0.188. The largest absolute Gasteiger partial charge is 0.366 e. The van der Waals surface area contributed by atoms with E-state index in [0.717, 1.165) is 11.3 Å². The molecule has 1 aromatic carbocycles. The third kappa shape index (κ3) is 4.31. The van der Waals surface area contributed by atoms with Gasteiger partial charge in [-0.3, -0.25) is 9.78 Å². The number of benzene rings is 1. The molecule has 0 unspecified atom stereocenters. The summed E-state index contributed by atoms with van der Waals surface area (Å²) in [7, 11) is 1.70. The smallest absolute Gasteiger partial charge is 0.317 e. The monoisotopic (exact) mass is 298 g/mol. The van der Waals surface area contributed by atoms with Gasteiger partial charge in [-0.25, -0.2) is 4.79 Å². The summed E-state index contributed by atoms with van der Waals surface area (Å²) in [6, 6.07) is 12.2. The van der Waals surface area contributed by atoms with Gasteiger partial charge < -0.3 is 16.0 Å². The SMILES string of the molecule is CN(Cc1ccccn1)C(=O)NCc1cccc(C(N)=O)c1. The number of primary amides is 1. The molecule has 6 nitrogen and oxygen atoms in total. The normalized spacial score (nSPS) is 10.0. The van der Waals surface area contributed by atoms with Gasteiger partial charge in [0, 0.05) is 25.4 Å². The highest BCUT2D eigenvalue weighted by molar-refractivity contribution is 5.92. The third-order valence-electron chi connectivity index (χ3n) is 3.13. The van der Waals surface area contributed by atoms with Crippen LogP contribution in [0, 0.1) is 0 Å². The van der Waals surface area contributed by atoms with Gasteiger partial charge in [0.25, 0.3) is 0 Å². The first-order valence-corrected chi connectivity index (χ1v) is 6.84. The molecule has 0 radical (unpaired) electrons. The Kier molecular flexibility index (Phi) is 5.08. The first kappa shape index (κ1) is 15.5. The summed E-state index contributed by atoms with van der Waals surface area (Å²) in [6.07, 6.45) is 1.69. The third-order valence-corrected chi connectivity index (χ3v) is 3.13. The highest BCUT2D eigenvalue weighted by atomic mass is 16.2. The molecule has 22 heavy (non-hydrogen) atoms. The van der Waals surface area contributed by atoms with Crippen LogP contribution in [0.3, 0.4) is 0 Å². The minimum absolute atomic E-state index is 0.213. The van der Waals surface area contributed by atoms with Crippen molar-refractivity contribution < 1.29 is 9.59 Å². The first-order valence-electron chi connectivity index (χ1n) is 6.84. The lowest BCUT2D eigenvalue weighted by Gasteiger charge is -2.17. The summed E-state index contributed by atoms with van der Waals surface area (Å²) >= 11 is 0. The molecule has 3 amide bonds. The van der Waals surface area contributed by atoms with Crippen molar-refractivity contribution in [3.63, 3.8) is 0 Å². The van der Waals surface area contributed by atoms with Crippen LogP contribution in [0.4, 0.5) is 4.79 Å². The van der Waals surface area contributed by atoms with Crippen LogP contribution in [0.15, 0.2) is 48.7 Å². The Labute approximate surface area is 129 Å². The number of nitrogens with two attached hydrogens (primary N) is 1. The zero-order chi connectivity index (χ0) is 15.9. The number of nitrogens with one attached hydrogen (secondary N) is 1. The number of rotatable bonds is 5. The predicted octanol–water partition coefficient (Wildman–Crippen LogP) is 1.52. The Bertz CT molecular complexity index is 658. The predicted molar refractivity (Wildman–Crippen MR) is 82.9 cm³/mol. The van der Waals surface area contributed by atoms with E-state index in [0.29, 0.717) is 18.7 Å². The van der Waals surface area contributed by atoms with Crippen LogP contribution in [-0.4, -0.2) is 28.9 Å². The summed E-state index contributed by atoms with van der Waals surface area (Å²) in [4.78, 5) is 28.9. The molecule has 0 saturated heterocycles. The Morgan fingerprint density at radius 1 is 1.23 bits per heavy atom. The Morgan fingerprint density at radius 2 is 2.05 bits per heavy atom. The lowest BCUT2D eigenvalue weighted by atomic mass is 10.1. The second kappa shape index (κ2) is 7.21. The molecule has 2 rings (SSSR count). The van der Waals surface area contributed by atoms with E-state index in [2.05, 4.69) is 10.3 Å². The molecule has 2 aromatic rings. The summed E-state index contributed by atoms with van der Waals surface area (Å²) < 4.78 is 0. The number of hydrogen-bond donors (Lipinski definition) is 2. The Morgan fingerprint density at radius 3 is 2.73 bits per heavy atom. The van der Waals surface area contributed by atoms with Crippen molar-refractivity contribution in [2.75, 3.05) is 7.05 Å². The van der Waals surface area contributed by atoms with Crippen molar-refractivity contribution in [3.8, 4) is 0 Å². The molecule has 0 atom stereocenters. The van der Waals surface area contributed by atoms with E-state index in [-0.39, 0.29) is 6.03 Å². The van der Waals surface area contributed by atoms with E-state index < -0.39 is 5.91 Å². The van der Waals surface area contributed by atoms with Gasteiger partial charge in [-0.05, 0) is 29.8 Å². The van der Waals surface area contributed by atoms with Gasteiger partial charge in [-0.2, -0.15) is 0 Å². The molecule has 0 bridgehead atoms. The number of aromatic nitrogens is 1. The molecule has 1 heterocycles. The molecular weight excluding hydrogens is 280 g/mol. The molecule has 3 N–H and O–H groups in total. The van der Waals surface area contributed by atoms with E-state index in [1.807, 2.05) is 24.3 Å². The van der Waals surface area contributed by atoms with Crippen LogP contribution >= 0.6 is 0 Å². The van der Waals surface area contributed by atoms with Crippen molar-refractivity contribution in [1.82, 2.24) is 15.2 Å². The highest BCUT2D eigenvalue weighted by Gasteiger charge is 2.09. The maximum atomic E-state index is 12.0. The number of pyridine rings is 1. The lowest BCUT2D eigenvalue weighted by molar-refractivity contribution is 0.1000. The van der Waals surface area contributed by atoms with Crippen LogP contribution in [0.5, 0.6) is 0 Å². The zero-order valence-corrected chi connectivity index (χ0v) is 12.3. The summed E-state index contributed by atoms with van der Waals surface area (Å²) in [5.41, 5.74) is 7.29. The van der Waals surface area contributed by atoms with E-state index in [4.69, 9.17) is 5.73 Å². The minimum Gasteiger partial charge on any atom is -0.366 e. The van der Waals surface area contributed by atoms with Gasteiger partial charge in [0.15, 0.2) is 0 Å². The maximum absolute atomic E-state index is 12.0. The van der Waals surface area contributed by atoms with E-state index >= 15 is 0 Å². The van der Waals surface area contributed by atoms with Crippen LogP contribution < -0.4 is 11.1 Å². The lowest BCUT2D eigenvalue weighted by Crippen LogP contribution is -2.36. The quantitative estimate of drug-likeness (QED) is 0.877. The first-order chi connectivity index (χ1) is 10.6. The van der Waals surface area contributed by atoms with Crippen LogP contribution in [0.25, 0.3) is 0 Å². The average Bonchev–Trinajstić information content (AvgIpc) is 2.53. The molecule has 0 aliphatic heterocycles. The summed E-state index contributed by atoms with van der Waals surface area (Å²) in [6.45, 7) is 0.751. The van der Waals surface area contributed by atoms with E-state index in [9.17, 15) is 9.59 Å². The fourth-order valence-corrected chi connectivity index (χ4v) is 1.95. The zero-order valence-electron chi connectivity index (χ0n) is 12.3. The standard InChI is InChI=1S/C16H18N4O2/c1-20(11-14-7-2-3-8-18-14)16(22)19-10-12-5-4-6-13(9-12)15(17)21/h2-9H,10-11H2,1H3,(H2,17,21)(H,19,22). The second-order valence-electron chi connectivity index (χ2n) is 4.90. The molecule has 0 aliphatic carbocycles. The molecule has 0 aliphatic rings. The number of nitrogens with zero attached hydrogens (tertiary/aromatic N) is 2. The maximum Gasteiger partial charge on any atom is 0.317 e. The van der Waals surface area contributed by atoms with Crippen molar-refractivity contribution >= 4 is 11.9 Å². The summed E-state index contributed by atoms with van der Waals surface area (Å²) in [5.74, 6) is -0.486. The molecule has 1 aromatic heterocycles. The summed E-state index contributed by atoms with van der Waals surface area (Å²) in [5, 5.41) is 2.79. The van der Waals surface area contributed by atoms with Gasteiger partial charge in [0.1, 0.15) is 0 Å². The van der Waals surface area contributed by atoms with Crippen molar-refractivity contribution in [1.29, 1.82) is 0 Å². The Balaban J connectivity index is 1.89. The van der Waals surface area contributed by atoms with Gasteiger partial charge in [-0.15, -0.1) is 0 Å². The molecule has 0 fully saturated rings. The molecule has 0 saturated carbocycles. The van der Waals surface area contributed by atoms with Crippen molar-refractivity contribution in [2.24, 2.45) is 5.73 Å². The van der Waals surface area contributed by atoms with Crippen LogP contribution in [0.1, 0.15) is 21.6 Å². The van der Waals surface area contributed by atoms with Crippen LogP contribution in [-0.2, 0) is 13.1 Å². The average molecular weight is 298 g/mol. The van der Waals surface area contributed by atoms with Gasteiger partial charge in [0.2, 0.25) is 5.91 Å². The second-order valence-corrected chi connectivity index (χ2v) is 4.90. The highest BCUT2D eigenvalue weighted by Crippen LogP contribution is 2.05. The number of amides is 3. The van der Waals surface area contributed by atoms with Crippen molar-refractivity contribution in [2.45, 2.75) is 13.1 Å². The number of hydrogen-bond acceptors (Lipinski definition) is 3. The van der Waals surface area contributed by atoms with E-state index in [1.165, 1.54) is 0 Å². The molecule has 114 valence electrons. The minimum atomic E-state index is -0.486. The van der Waals surface area contributed by atoms with E-state index in [1.54, 1.807) is 36.3 Å². The number of urea groups is 1. The molecular formula is C16H18N4O2. The van der Waals surface area contributed by atoms with Gasteiger partial charge in [0.05, 0.1) is 12.2 Å². The van der Waals surface area contributed by atoms with Crippen LogP contribution in [0.2, 0.25) is 0 Å². The van der Waals surface area contributed by atoms with Crippen molar-refractivity contribution in [3.05, 3.63) is 65.5 Å². The van der Waals surface area contributed by atoms with Gasteiger partial charge in [-0.1, -0.05) is 18.2 Å². The fourth-order valence-electron chi connectivity index (χ4n) is 1.95. The molecule has 0 spiro atoms. The topological polar surface area (TPSA) is 88.3 Å². The number of carbonyl (C=O) groups is 2. The number of carbonyl (C=O) groups excluding carboxylic acids is 2. The molecule has 6 heteroatoms. The van der Waals surface area contributed by atoms with Gasteiger partial charge >= 0.3 is 6.03 Å². The Hall–Kier alpha value is -2.89.